The number of anilines is 2. The Morgan fingerprint density at radius 1 is 1.22 bits per heavy atom. The summed E-state index contributed by atoms with van der Waals surface area (Å²) in [5.74, 6) is 0.916. The van der Waals surface area contributed by atoms with Crippen LogP contribution in [-0.2, 0) is 0 Å². The molecule has 1 heterocycles. The maximum absolute atomic E-state index is 5.91. The zero-order valence-corrected chi connectivity index (χ0v) is 11.1. The van der Waals surface area contributed by atoms with Gasteiger partial charge in [0.1, 0.15) is 5.82 Å². The summed E-state index contributed by atoms with van der Waals surface area (Å²) in [6.45, 7) is 4.08. The minimum Gasteiger partial charge on any atom is -0.329 e. The number of para-hydroxylation sites is 1. The molecule has 0 radical (unpaired) electrons. The molecular formula is C15H19N3. The van der Waals surface area contributed by atoms with Gasteiger partial charge in [-0.1, -0.05) is 18.2 Å². The van der Waals surface area contributed by atoms with Gasteiger partial charge in [0.05, 0.1) is 0 Å². The summed E-state index contributed by atoms with van der Waals surface area (Å²) in [4.78, 5) is 6.49. The van der Waals surface area contributed by atoms with Crippen LogP contribution >= 0.6 is 0 Å². The molecule has 0 saturated heterocycles. The fourth-order valence-corrected chi connectivity index (χ4v) is 1.96. The molecule has 0 aliphatic rings. The van der Waals surface area contributed by atoms with E-state index < -0.39 is 0 Å². The normalized spacial score (nSPS) is 12.2. The molecule has 2 N–H and O–H groups in total. The molecule has 1 unspecified atom stereocenters. The zero-order valence-electron chi connectivity index (χ0n) is 11.1. The quantitative estimate of drug-likeness (QED) is 0.897. The predicted molar refractivity (Wildman–Crippen MR) is 76.1 cm³/mol. The van der Waals surface area contributed by atoms with Crippen LogP contribution < -0.4 is 10.6 Å². The fraction of sp³-hybridized carbons (Fsp3) is 0.267. The van der Waals surface area contributed by atoms with Gasteiger partial charge in [-0.25, -0.2) is 4.98 Å². The summed E-state index contributed by atoms with van der Waals surface area (Å²) in [7, 11) is 2.02. The lowest BCUT2D eigenvalue weighted by Gasteiger charge is -2.21. The first-order valence-electron chi connectivity index (χ1n) is 6.10. The number of pyridine rings is 1. The van der Waals surface area contributed by atoms with Crippen molar-refractivity contribution in [3.8, 4) is 0 Å². The summed E-state index contributed by atoms with van der Waals surface area (Å²) in [5, 5.41) is 0. The fourth-order valence-electron chi connectivity index (χ4n) is 1.96. The standard InChI is InChI=1S/C15H19N3/c1-11-6-4-5-7-14(11)18(3)15-10-13(12(2)16)8-9-17-15/h4-10,12H,16H2,1-3H3. The monoisotopic (exact) mass is 241 g/mol. The minimum atomic E-state index is 0.0250. The molecule has 3 heteroatoms. The highest BCUT2D eigenvalue weighted by molar-refractivity contribution is 5.63. The van der Waals surface area contributed by atoms with E-state index in [9.17, 15) is 0 Å². The van der Waals surface area contributed by atoms with Crippen molar-refractivity contribution in [1.82, 2.24) is 4.98 Å². The van der Waals surface area contributed by atoms with E-state index in [2.05, 4.69) is 28.9 Å². The van der Waals surface area contributed by atoms with Crippen molar-refractivity contribution in [2.45, 2.75) is 19.9 Å². The SMILES string of the molecule is Cc1ccccc1N(C)c1cc(C(C)N)ccn1. The van der Waals surface area contributed by atoms with E-state index in [4.69, 9.17) is 5.73 Å². The number of nitrogens with zero attached hydrogens (tertiary/aromatic N) is 2. The highest BCUT2D eigenvalue weighted by Crippen LogP contribution is 2.26. The highest BCUT2D eigenvalue weighted by Gasteiger charge is 2.09. The molecule has 0 saturated carbocycles. The first kappa shape index (κ1) is 12.6. The van der Waals surface area contributed by atoms with Gasteiger partial charge >= 0.3 is 0 Å². The van der Waals surface area contributed by atoms with Crippen LogP contribution in [0.15, 0.2) is 42.6 Å². The molecule has 1 aromatic heterocycles. The molecule has 0 amide bonds. The first-order valence-corrected chi connectivity index (χ1v) is 6.10. The summed E-state index contributed by atoms with van der Waals surface area (Å²) in [6, 6.07) is 12.3. The third-order valence-electron chi connectivity index (χ3n) is 3.12. The number of aromatic nitrogens is 1. The Labute approximate surface area is 108 Å². The molecule has 1 aromatic carbocycles. The molecule has 94 valence electrons. The first-order chi connectivity index (χ1) is 8.59. The van der Waals surface area contributed by atoms with E-state index in [1.54, 1.807) is 0 Å². The van der Waals surface area contributed by atoms with Crippen molar-refractivity contribution in [1.29, 1.82) is 0 Å². The van der Waals surface area contributed by atoms with Crippen LogP contribution in [0.2, 0.25) is 0 Å². The number of hydrogen-bond acceptors (Lipinski definition) is 3. The van der Waals surface area contributed by atoms with E-state index in [-0.39, 0.29) is 6.04 Å². The number of aryl methyl sites for hydroxylation is 1. The van der Waals surface area contributed by atoms with E-state index in [1.807, 2.05) is 44.4 Å². The van der Waals surface area contributed by atoms with Gasteiger partial charge in [0.25, 0.3) is 0 Å². The second-order valence-corrected chi connectivity index (χ2v) is 4.58. The molecule has 1 atom stereocenters. The Morgan fingerprint density at radius 2 is 1.94 bits per heavy atom. The van der Waals surface area contributed by atoms with Gasteiger partial charge in [0.15, 0.2) is 0 Å². The molecule has 0 fully saturated rings. The van der Waals surface area contributed by atoms with Crippen LogP contribution in [0.25, 0.3) is 0 Å². The molecule has 2 rings (SSSR count). The van der Waals surface area contributed by atoms with Crippen LogP contribution in [0.4, 0.5) is 11.5 Å². The Hall–Kier alpha value is -1.87. The van der Waals surface area contributed by atoms with Crippen molar-refractivity contribution in [3.05, 3.63) is 53.7 Å². The third kappa shape index (κ3) is 2.51. The largest absolute Gasteiger partial charge is 0.329 e. The van der Waals surface area contributed by atoms with Gasteiger partial charge in [0, 0.05) is 25.0 Å². The van der Waals surface area contributed by atoms with E-state index >= 15 is 0 Å². The molecule has 3 nitrogen and oxygen atoms in total. The van der Waals surface area contributed by atoms with Crippen LogP contribution in [0.1, 0.15) is 24.1 Å². The van der Waals surface area contributed by atoms with Gasteiger partial charge < -0.3 is 10.6 Å². The van der Waals surface area contributed by atoms with Crippen LogP contribution in [0, 0.1) is 6.92 Å². The third-order valence-corrected chi connectivity index (χ3v) is 3.12. The van der Waals surface area contributed by atoms with E-state index in [0.717, 1.165) is 17.1 Å². The Morgan fingerprint density at radius 3 is 2.61 bits per heavy atom. The van der Waals surface area contributed by atoms with Crippen molar-refractivity contribution in [2.75, 3.05) is 11.9 Å². The Bertz CT molecular complexity index is 535. The maximum atomic E-state index is 5.91. The van der Waals surface area contributed by atoms with Crippen molar-refractivity contribution in [2.24, 2.45) is 5.73 Å². The molecule has 0 aliphatic carbocycles. The number of hydrogen-bond donors (Lipinski definition) is 1. The van der Waals surface area contributed by atoms with Crippen molar-refractivity contribution in [3.63, 3.8) is 0 Å². The lowest BCUT2D eigenvalue weighted by Crippen LogP contribution is -2.14. The molecule has 2 aromatic rings. The second kappa shape index (κ2) is 5.19. The Kier molecular flexibility index (Phi) is 3.63. The average Bonchev–Trinajstić information content (AvgIpc) is 2.38. The lowest BCUT2D eigenvalue weighted by atomic mass is 10.1. The Balaban J connectivity index is 2.37. The summed E-state index contributed by atoms with van der Waals surface area (Å²) in [5.41, 5.74) is 9.39. The lowest BCUT2D eigenvalue weighted by molar-refractivity contribution is 0.814. The van der Waals surface area contributed by atoms with Crippen molar-refractivity contribution < 1.29 is 0 Å². The smallest absolute Gasteiger partial charge is 0.132 e. The minimum absolute atomic E-state index is 0.0250. The van der Waals surface area contributed by atoms with Gasteiger partial charge in [-0.05, 0) is 43.2 Å². The molecule has 0 aliphatic heterocycles. The second-order valence-electron chi connectivity index (χ2n) is 4.58. The van der Waals surface area contributed by atoms with Crippen LogP contribution in [0.5, 0.6) is 0 Å². The highest BCUT2D eigenvalue weighted by atomic mass is 15.2. The summed E-state index contributed by atoms with van der Waals surface area (Å²) < 4.78 is 0. The average molecular weight is 241 g/mol. The predicted octanol–water partition coefficient (Wildman–Crippen LogP) is 3.18. The van der Waals surface area contributed by atoms with Gasteiger partial charge in [-0.2, -0.15) is 0 Å². The van der Waals surface area contributed by atoms with E-state index in [0.29, 0.717) is 0 Å². The molecular weight excluding hydrogens is 222 g/mol. The topological polar surface area (TPSA) is 42.1 Å². The molecule has 0 spiro atoms. The van der Waals surface area contributed by atoms with Crippen LogP contribution in [0.3, 0.4) is 0 Å². The zero-order chi connectivity index (χ0) is 13.1. The maximum Gasteiger partial charge on any atom is 0.132 e. The number of rotatable bonds is 3. The van der Waals surface area contributed by atoms with Crippen LogP contribution in [-0.4, -0.2) is 12.0 Å². The molecule has 0 bridgehead atoms. The van der Waals surface area contributed by atoms with Gasteiger partial charge in [-0.15, -0.1) is 0 Å². The van der Waals surface area contributed by atoms with Crippen molar-refractivity contribution >= 4 is 11.5 Å². The summed E-state index contributed by atoms with van der Waals surface area (Å²) in [6.07, 6.45) is 1.81. The number of benzene rings is 1. The number of nitrogens with two attached hydrogens (primary N) is 1. The van der Waals surface area contributed by atoms with E-state index in [1.165, 1.54) is 5.56 Å². The summed E-state index contributed by atoms with van der Waals surface area (Å²) >= 11 is 0. The van der Waals surface area contributed by atoms with Gasteiger partial charge in [-0.3, -0.25) is 0 Å². The van der Waals surface area contributed by atoms with Gasteiger partial charge in [0.2, 0.25) is 0 Å². The molecule has 18 heavy (non-hydrogen) atoms.